The molecule has 6 heteroatoms. The van der Waals surface area contributed by atoms with E-state index in [1.807, 2.05) is 30.3 Å². The molecule has 25 heavy (non-hydrogen) atoms. The standard InChI is InChI=1S/C19H18FN3O2/c20-16-9-6-15(7-10-16)12-13-21-18(24)19-23-22-17(25-19)11-8-14-4-2-1-3-5-14/h1-7,9-10H,8,11-13H2,(H,21,24). The highest BCUT2D eigenvalue weighted by Crippen LogP contribution is 2.07. The van der Waals surface area contributed by atoms with Gasteiger partial charge in [0.25, 0.3) is 0 Å². The fourth-order valence-electron chi connectivity index (χ4n) is 2.39. The van der Waals surface area contributed by atoms with Crippen LogP contribution in [-0.4, -0.2) is 22.6 Å². The zero-order valence-electron chi connectivity index (χ0n) is 13.6. The second kappa shape index (κ2) is 8.19. The van der Waals surface area contributed by atoms with Crippen molar-refractivity contribution in [3.8, 4) is 0 Å². The summed E-state index contributed by atoms with van der Waals surface area (Å²) in [6.07, 6.45) is 1.95. The molecule has 0 aliphatic rings. The van der Waals surface area contributed by atoms with E-state index in [4.69, 9.17) is 4.42 Å². The molecule has 128 valence electrons. The van der Waals surface area contributed by atoms with E-state index < -0.39 is 5.91 Å². The monoisotopic (exact) mass is 339 g/mol. The van der Waals surface area contributed by atoms with Gasteiger partial charge in [0.15, 0.2) is 0 Å². The highest BCUT2D eigenvalue weighted by Gasteiger charge is 2.14. The number of carbonyl (C=O) groups excluding carboxylic acids is 1. The Kier molecular flexibility index (Phi) is 5.51. The summed E-state index contributed by atoms with van der Waals surface area (Å²) in [6, 6.07) is 16.1. The molecular formula is C19H18FN3O2. The van der Waals surface area contributed by atoms with E-state index in [9.17, 15) is 9.18 Å². The van der Waals surface area contributed by atoms with Gasteiger partial charge in [0, 0.05) is 13.0 Å². The van der Waals surface area contributed by atoms with Crippen molar-refractivity contribution in [2.45, 2.75) is 19.3 Å². The Hall–Kier alpha value is -3.02. The molecule has 1 aromatic heterocycles. The summed E-state index contributed by atoms with van der Waals surface area (Å²) in [5, 5.41) is 10.4. The van der Waals surface area contributed by atoms with Crippen molar-refractivity contribution < 1.29 is 13.6 Å². The lowest BCUT2D eigenvalue weighted by Crippen LogP contribution is -2.26. The number of nitrogens with one attached hydrogen (secondary N) is 1. The van der Waals surface area contributed by atoms with Crippen LogP contribution in [0.3, 0.4) is 0 Å². The first-order chi connectivity index (χ1) is 12.2. The van der Waals surface area contributed by atoms with Crippen molar-refractivity contribution in [1.29, 1.82) is 0 Å². The Balaban J connectivity index is 1.46. The molecule has 0 radical (unpaired) electrons. The van der Waals surface area contributed by atoms with Crippen LogP contribution < -0.4 is 5.32 Å². The Labute approximate surface area is 144 Å². The average Bonchev–Trinajstić information content (AvgIpc) is 3.12. The predicted molar refractivity (Wildman–Crippen MR) is 90.6 cm³/mol. The molecule has 1 N–H and O–H groups in total. The van der Waals surface area contributed by atoms with Gasteiger partial charge in [-0.3, -0.25) is 4.79 Å². The molecule has 5 nitrogen and oxygen atoms in total. The van der Waals surface area contributed by atoms with Gasteiger partial charge in [-0.15, -0.1) is 10.2 Å². The number of benzene rings is 2. The molecule has 0 saturated carbocycles. The number of aryl methyl sites for hydroxylation is 2. The van der Waals surface area contributed by atoms with Crippen molar-refractivity contribution in [2.24, 2.45) is 0 Å². The first-order valence-corrected chi connectivity index (χ1v) is 8.09. The molecule has 0 atom stereocenters. The van der Waals surface area contributed by atoms with Crippen LogP contribution >= 0.6 is 0 Å². The molecule has 3 aromatic rings. The SMILES string of the molecule is O=C(NCCc1ccc(F)cc1)c1nnc(CCc2ccccc2)o1. The van der Waals surface area contributed by atoms with Crippen molar-refractivity contribution in [3.05, 3.63) is 83.3 Å². The fourth-order valence-corrected chi connectivity index (χ4v) is 2.39. The van der Waals surface area contributed by atoms with Crippen LogP contribution in [0.5, 0.6) is 0 Å². The number of halogens is 1. The number of nitrogens with zero attached hydrogens (tertiary/aromatic N) is 2. The van der Waals surface area contributed by atoms with Gasteiger partial charge in [-0.25, -0.2) is 4.39 Å². The van der Waals surface area contributed by atoms with Crippen LogP contribution in [0.4, 0.5) is 4.39 Å². The number of carbonyl (C=O) groups is 1. The van der Waals surface area contributed by atoms with E-state index in [-0.39, 0.29) is 11.7 Å². The minimum absolute atomic E-state index is 0.0397. The van der Waals surface area contributed by atoms with E-state index >= 15 is 0 Å². The largest absolute Gasteiger partial charge is 0.417 e. The molecule has 2 aromatic carbocycles. The maximum absolute atomic E-state index is 12.8. The van der Waals surface area contributed by atoms with Gasteiger partial charge < -0.3 is 9.73 Å². The minimum Gasteiger partial charge on any atom is -0.417 e. The van der Waals surface area contributed by atoms with E-state index in [1.54, 1.807) is 12.1 Å². The van der Waals surface area contributed by atoms with Crippen LogP contribution in [0.15, 0.2) is 59.0 Å². The fraction of sp³-hybridized carbons (Fsp3) is 0.211. The molecule has 1 heterocycles. The summed E-state index contributed by atoms with van der Waals surface area (Å²) in [7, 11) is 0. The Morgan fingerprint density at radius 2 is 1.64 bits per heavy atom. The van der Waals surface area contributed by atoms with Crippen molar-refractivity contribution >= 4 is 5.91 Å². The molecule has 0 aliphatic heterocycles. The molecule has 3 rings (SSSR count). The average molecular weight is 339 g/mol. The molecule has 1 amide bonds. The van der Waals surface area contributed by atoms with Crippen LogP contribution in [0.2, 0.25) is 0 Å². The molecule has 0 unspecified atom stereocenters. The third-order valence-corrected chi connectivity index (χ3v) is 3.74. The summed E-state index contributed by atoms with van der Waals surface area (Å²) >= 11 is 0. The number of rotatable bonds is 7. The quantitative estimate of drug-likeness (QED) is 0.718. The zero-order valence-corrected chi connectivity index (χ0v) is 13.6. The molecule has 0 fully saturated rings. The molecule has 0 bridgehead atoms. The highest BCUT2D eigenvalue weighted by molar-refractivity contribution is 5.89. The van der Waals surface area contributed by atoms with E-state index in [0.29, 0.717) is 25.3 Å². The summed E-state index contributed by atoms with van der Waals surface area (Å²) < 4.78 is 18.2. The van der Waals surface area contributed by atoms with Crippen LogP contribution in [0.1, 0.15) is 27.7 Å². The van der Waals surface area contributed by atoms with Gasteiger partial charge >= 0.3 is 11.8 Å². The van der Waals surface area contributed by atoms with Gasteiger partial charge in [0.05, 0.1) is 0 Å². The second-order valence-corrected chi connectivity index (χ2v) is 5.62. The lowest BCUT2D eigenvalue weighted by atomic mass is 10.1. The summed E-state index contributed by atoms with van der Waals surface area (Å²) in [4.78, 5) is 12.0. The third kappa shape index (κ3) is 4.97. The Morgan fingerprint density at radius 3 is 2.40 bits per heavy atom. The number of hydrogen-bond acceptors (Lipinski definition) is 4. The van der Waals surface area contributed by atoms with Gasteiger partial charge in [-0.05, 0) is 36.1 Å². The first-order valence-electron chi connectivity index (χ1n) is 8.09. The number of aromatic nitrogens is 2. The zero-order chi connectivity index (χ0) is 17.5. The van der Waals surface area contributed by atoms with E-state index in [1.165, 1.54) is 17.7 Å². The van der Waals surface area contributed by atoms with Gasteiger partial charge in [-0.2, -0.15) is 0 Å². The number of amides is 1. The molecule has 0 saturated heterocycles. The summed E-state index contributed by atoms with van der Waals surface area (Å²) in [5.41, 5.74) is 2.11. The normalized spacial score (nSPS) is 10.6. The number of hydrogen-bond donors (Lipinski definition) is 1. The van der Waals surface area contributed by atoms with Crippen molar-refractivity contribution in [3.63, 3.8) is 0 Å². The maximum atomic E-state index is 12.8. The van der Waals surface area contributed by atoms with Crippen molar-refractivity contribution in [2.75, 3.05) is 6.54 Å². The van der Waals surface area contributed by atoms with Crippen LogP contribution in [-0.2, 0) is 19.3 Å². The summed E-state index contributed by atoms with van der Waals surface area (Å²) in [6.45, 7) is 0.409. The summed E-state index contributed by atoms with van der Waals surface area (Å²) in [5.74, 6) is -0.281. The topological polar surface area (TPSA) is 68.0 Å². The minimum atomic E-state index is -0.402. The van der Waals surface area contributed by atoms with Gasteiger partial charge in [0.2, 0.25) is 5.89 Å². The Morgan fingerprint density at radius 1 is 0.920 bits per heavy atom. The van der Waals surface area contributed by atoms with Crippen LogP contribution in [0.25, 0.3) is 0 Å². The maximum Gasteiger partial charge on any atom is 0.308 e. The molecule has 0 aliphatic carbocycles. The predicted octanol–water partition coefficient (Wildman–Crippen LogP) is 2.97. The third-order valence-electron chi connectivity index (χ3n) is 3.74. The smallest absolute Gasteiger partial charge is 0.308 e. The van der Waals surface area contributed by atoms with E-state index in [0.717, 1.165) is 12.0 Å². The molecular weight excluding hydrogens is 321 g/mol. The lowest BCUT2D eigenvalue weighted by molar-refractivity contribution is 0.0917. The molecule has 0 spiro atoms. The van der Waals surface area contributed by atoms with Crippen molar-refractivity contribution in [1.82, 2.24) is 15.5 Å². The van der Waals surface area contributed by atoms with Gasteiger partial charge in [0.1, 0.15) is 5.82 Å². The van der Waals surface area contributed by atoms with E-state index in [2.05, 4.69) is 15.5 Å². The second-order valence-electron chi connectivity index (χ2n) is 5.62. The lowest BCUT2D eigenvalue weighted by Gasteiger charge is -2.02. The first kappa shape index (κ1) is 16.8. The Bertz CT molecular complexity index is 816. The highest BCUT2D eigenvalue weighted by atomic mass is 19.1. The van der Waals surface area contributed by atoms with Crippen LogP contribution in [0, 0.1) is 5.82 Å². The van der Waals surface area contributed by atoms with Gasteiger partial charge in [-0.1, -0.05) is 42.5 Å².